The SMILES string of the molecule is C[C@H](NC(=O)CNC(=O)CNC(=O)[C@H](C)NC(=O)[C@@H](N)CCCN=C(N)N)C(=O)N[C@@H](C)C(=O)N1CCC[C@H]1C(=O)N1CCC[C@H]1C(=O)N1CCC[C@H]1C(=O)O. The molecule has 7 atom stereocenters. The van der Waals surface area contributed by atoms with E-state index in [1.165, 1.54) is 35.5 Å². The lowest BCUT2D eigenvalue weighted by Crippen LogP contribution is -2.57. The lowest BCUT2D eigenvalue weighted by atomic mass is 10.1. The molecule has 3 heterocycles. The van der Waals surface area contributed by atoms with Crippen LogP contribution >= 0.6 is 0 Å². The maximum atomic E-state index is 13.7. The molecule has 0 unspecified atom stereocenters. The van der Waals surface area contributed by atoms with Crippen molar-refractivity contribution in [3.63, 3.8) is 0 Å². The van der Waals surface area contributed by atoms with E-state index in [1.807, 2.05) is 0 Å². The molecule has 0 aromatic carbocycles. The number of carbonyl (C=O) groups is 9. The predicted molar refractivity (Wildman–Crippen MR) is 199 cm³/mol. The van der Waals surface area contributed by atoms with Crippen LogP contribution in [-0.2, 0) is 43.2 Å². The summed E-state index contributed by atoms with van der Waals surface area (Å²) in [6.45, 7) is 4.33. The second kappa shape index (κ2) is 20.9. The third-order valence-corrected chi connectivity index (χ3v) is 9.89. The van der Waals surface area contributed by atoms with Gasteiger partial charge in [-0.2, -0.15) is 0 Å². The van der Waals surface area contributed by atoms with Crippen LogP contribution in [0, 0.1) is 0 Å². The maximum absolute atomic E-state index is 13.7. The fourth-order valence-electron chi connectivity index (χ4n) is 6.85. The van der Waals surface area contributed by atoms with E-state index < -0.39 is 109 Å². The van der Waals surface area contributed by atoms with E-state index in [0.29, 0.717) is 58.0 Å². The predicted octanol–water partition coefficient (Wildman–Crippen LogP) is -4.83. The van der Waals surface area contributed by atoms with Crippen molar-refractivity contribution < 1.29 is 48.3 Å². The minimum absolute atomic E-state index is 0.0806. The molecule has 3 aliphatic heterocycles. The van der Waals surface area contributed by atoms with Gasteiger partial charge in [0.1, 0.15) is 36.3 Å². The van der Waals surface area contributed by atoms with E-state index in [0.717, 1.165) is 0 Å². The number of rotatable bonds is 18. The standard InChI is InChI=1S/C34H56N12O10/c1-18(42-29(51)21(35)8-4-12-38-34(36)37)27(49)40-16-25(47)39-17-26(48)41-19(2)28(50)43-20(3)30(52)44-13-5-9-22(44)31(53)45-14-6-10-23(45)32(54)46-15-7-11-24(46)33(55)56/h18-24H,4-17,35H2,1-3H3,(H,39,47)(H,40,49)(H,41,48)(H,42,51)(H,43,50)(H,55,56)(H4,36,37,38)/t18-,19-,20-,21-,22-,23-,24-/m0/s1. The zero-order chi connectivity index (χ0) is 41.7. The van der Waals surface area contributed by atoms with Crippen LogP contribution in [0.15, 0.2) is 4.99 Å². The summed E-state index contributed by atoms with van der Waals surface area (Å²) in [5.41, 5.74) is 16.3. The van der Waals surface area contributed by atoms with Gasteiger partial charge in [-0.3, -0.25) is 43.3 Å². The Labute approximate surface area is 324 Å². The number of guanidine groups is 1. The van der Waals surface area contributed by atoms with Gasteiger partial charge < -0.3 is 63.6 Å². The Balaban J connectivity index is 1.40. The summed E-state index contributed by atoms with van der Waals surface area (Å²) in [5.74, 6) is -5.89. The molecule has 0 aromatic rings. The Bertz CT molecular complexity index is 1540. The lowest BCUT2D eigenvalue weighted by molar-refractivity contribution is -0.153. The first kappa shape index (κ1) is 44.9. The quantitative estimate of drug-likeness (QED) is 0.0358. The second-order valence-corrected chi connectivity index (χ2v) is 14.2. The fraction of sp³-hybridized carbons (Fsp3) is 0.706. The van der Waals surface area contributed by atoms with Crippen molar-refractivity contribution in [2.45, 2.75) is 114 Å². The molecule has 312 valence electrons. The number of carboxylic acids is 1. The van der Waals surface area contributed by atoms with Crippen molar-refractivity contribution in [2.75, 3.05) is 39.3 Å². The number of carbonyl (C=O) groups excluding carboxylic acids is 8. The molecule has 3 aliphatic rings. The van der Waals surface area contributed by atoms with Crippen molar-refractivity contribution in [3.05, 3.63) is 0 Å². The van der Waals surface area contributed by atoms with Crippen molar-refractivity contribution in [3.8, 4) is 0 Å². The van der Waals surface area contributed by atoms with E-state index in [2.05, 4.69) is 31.6 Å². The van der Waals surface area contributed by atoms with Gasteiger partial charge in [0.2, 0.25) is 47.3 Å². The Kier molecular flexibility index (Phi) is 16.8. The van der Waals surface area contributed by atoms with E-state index in [9.17, 15) is 48.3 Å². The average Bonchev–Trinajstić information content (AvgIpc) is 3.95. The van der Waals surface area contributed by atoms with Gasteiger partial charge in [-0.25, -0.2) is 4.79 Å². The summed E-state index contributed by atoms with van der Waals surface area (Å²) in [5, 5.41) is 21.6. The molecule has 22 heteroatoms. The number of nitrogens with one attached hydrogen (secondary N) is 5. The van der Waals surface area contributed by atoms with Gasteiger partial charge in [-0.05, 0) is 72.1 Å². The number of nitrogens with two attached hydrogens (primary N) is 3. The molecule has 8 amide bonds. The molecule has 3 saturated heterocycles. The third-order valence-electron chi connectivity index (χ3n) is 9.89. The Morgan fingerprint density at radius 1 is 0.661 bits per heavy atom. The average molecular weight is 793 g/mol. The lowest BCUT2D eigenvalue weighted by Gasteiger charge is -2.34. The molecule has 0 saturated carbocycles. The number of aliphatic carboxylic acids is 1. The summed E-state index contributed by atoms with van der Waals surface area (Å²) in [4.78, 5) is 122. The van der Waals surface area contributed by atoms with Gasteiger partial charge in [0.25, 0.3) is 0 Å². The fourth-order valence-corrected chi connectivity index (χ4v) is 6.85. The molecule has 0 aliphatic carbocycles. The number of likely N-dealkylation sites (tertiary alicyclic amines) is 3. The number of amides is 8. The molecule has 3 rings (SSSR count). The van der Waals surface area contributed by atoms with E-state index in [1.54, 1.807) is 0 Å². The van der Waals surface area contributed by atoms with Crippen LogP contribution in [0.25, 0.3) is 0 Å². The van der Waals surface area contributed by atoms with Crippen LogP contribution in [0.3, 0.4) is 0 Å². The van der Waals surface area contributed by atoms with Gasteiger partial charge >= 0.3 is 5.97 Å². The maximum Gasteiger partial charge on any atom is 0.326 e. The Morgan fingerprint density at radius 3 is 1.75 bits per heavy atom. The first-order valence-electron chi connectivity index (χ1n) is 18.8. The number of nitrogens with zero attached hydrogens (tertiary/aromatic N) is 4. The molecule has 22 nitrogen and oxygen atoms in total. The molecular weight excluding hydrogens is 736 g/mol. The highest BCUT2D eigenvalue weighted by molar-refractivity contribution is 5.97. The number of hydrogen-bond acceptors (Lipinski definition) is 11. The highest BCUT2D eigenvalue weighted by Gasteiger charge is 2.46. The molecule has 0 bridgehead atoms. The molecule has 12 N–H and O–H groups in total. The highest BCUT2D eigenvalue weighted by atomic mass is 16.4. The van der Waals surface area contributed by atoms with Crippen LogP contribution in [0.5, 0.6) is 0 Å². The van der Waals surface area contributed by atoms with Crippen LogP contribution < -0.4 is 43.8 Å². The molecule has 0 spiro atoms. The highest BCUT2D eigenvalue weighted by Crippen LogP contribution is 2.28. The van der Waals surface area contributed by atoms with Gasteiger partial charge in [0.15, 0.2) is 5.96 Å². The number of hydrogen-bond donors (Lipinski definition) is 9. The van der Waals surface area contributed by atoms with Crippen molar-refractivity contribution in [2.24, 2.45) is 22.2 Å². The van der Waals surface area contributed by atoms with Crippen molar-refractivity contribution in [1.29, 1.82) is 0 Å². The molecule has 0 radical (unpaired) electrons. The summed E-state index contributed by atoms with van der Waals surface area (Å²) in [6, 6.07) is -6.71. The molecular formula is C34H56N12O10. The molecule has 0 aromatic heterocycles. The topological polar surface area (TPSA) is 334 Å². The van der Waals surface area contributed by atoms with Gasteiger partial charge in [0, 0.05) is 26.2 Å². The summed E-state index contributed by atoms with van der Waals surface area (Å²) in [6.07, 6.45) is 3.47. The minimum Gasteiger partial charge on any atom is -0.480 e. The van der Waals surface area contributed by atoms with E-state index >= 15 is 0 Å². The number of aliphatic imine (C=N–C) groups is 1. The van der Waals surface area contributed by atoms with Crippen molar-refractivity contribution in [1.82, 2.24) is 41.3 Å². The van der Waals surface area contributed by atoms with Crippen molar-refractivity contribution >= 4 is 59.2 Å². The van der Waals surface area contributed by atoms with Gasteiger partial charge in [-0.1, -0.05) is 0 Å². The Hall–Kier alpha value is -5.54. The zero-order valence-electron chi connectivity index (χ0n) is 32.1. The smallest absolute Gasteiger partial charge is 0.326 e. The van der Waals surface area contributed by atoms with Crippen LogP contribution in [0.4, 0.5) is 0 Å². The first-order chi connectivity index (χ1) is 26.4. The molecule has 56 heavy (non-hydrogen) atoms. The first-order valence-corrected chi connectivity index (χ1v) is 18.8. The third kappa shape index (κ3) is 12.5. The summed E-state index contributed by atoms with van der Waals surface area (Å²) < 4.78 is 0. The second-order valence-electron chi connectivity index (χ2n) is 14.2. The summed E-state index contributed by atoms with van der Waals surface area (Å²) >= 11 is 0. The molecule has 3 fully saturated rings. The van der Waals surface area contributed by atoms with Crippen LogP contribution in [-0.4, -0.2) is 161 Å². The largest absolute Gasteiger partial charge is 0.480 e. The monoisotopic (exact) mass is 792 g/mol. The minimum atomic E-state index is -1.12. The zero-order valence-corrected chi connectivity index (χ0v) is 32.1. The van der Waals surface area contributed by atoms with Crippen LogP contribution in [0.1, 0.15) is 72.1 Å². The number of carboxylic acid groups (broad SMARTS) is 1. The van der Waals surface area contributed by atoms with Gasteiger partial charge in [-0.15, -0.1) is 0 Å². The Morgan fingerprint density at radius 2 is 1.16 bits per heavy atom. The van der Waals surface area contributed by atoms with E-state index in [4.69, 9.17) is 17.2 Å². The van der Waals surface area contributed by atoms with Crippen LogP contribution in [0.2, 0.25) is 0 Å². The van der Waals surface area contributed by atoms with E-state index in [-0.39, 0.29) is 25.5 Å². The van der Waals surface area contributed by atoms with Gasteiger partial charge in [0.05, 0.1) is 19.1 Å². The normalized spacial score (nSPS) is 21.2. The summed E-state index contributed by atoms with van der Waals surface area (Å²) in [7, 11) is 0.